The third-order valence-corrected chi connectivity index (χ3v) is 4.31. The first-order chi connectivity index (χ1) is 9.56. The van der Waals surface area contributed by atoms with Gasteiger partial charge in [-0.2, -0.15) is 0 Å². The zero-order valence-electron chi connectivity index (χ0n) is 10.6. The van der Waals surface area contributed by atoms with Crippen LogP contribution in [0.25, 0.3) is 11.1 Å². The second-order valence-electron chi connectivity index (χ2n) is 4.57. The van der Waals surface area contributed by atoms with Gasteiger partial charge in [0.25, 0.3) is 0 Å². The molecule has 102 valence electrons. The molecule has 0 N–H and O–H groups in total. The number of rotatable bonds is 2. The van der Waals surface area contributed by atoms with Crippen molar-refractivity contribution < 1.29 is 8.81 Å². The topological polar surface area (TPSA) is 35.1 Å². The Kier molecular flexibility index (Phi) is 3.22. The first-order valence-electron chi connectivity index (χ1n) is 6.05. The number of halogens is 2. The van der Waals surface area contributed by atoms with Crippen LogP contribution in [-0.2, 0) is 7.05 Å². The van der Waals surface area contributed by atoms with Crippen LogP contribution in [-0.4, -0.2) is 4.57 Å². The molecule has 1 heterocycles. The SMILES string of the molecule is Cn1c(=O)oc2cc(C(Br)c3cccc(F)c3)ccc21. The highest BCUT2D eigenvalue weighted by atomic mass is 79.9. The highest BCUT2D eigenvalue weighted by Crippen LogP contribution is 2.32. The first kappa shape index (κ1) is 13.1. The van der Waals surface area contributed by atoms with Crippen LogP contribution in [0.2, 0.25) is 0 Å². The molecule has 0 aliphatic heterocycles. The number of hydrogen-bond acceptors (Lipinski definition) is 2. The standard InChI is InChI=1S/C15H11BrFNO2/c1-18-12-6-5-10(8-13(12)20-15(18)19)14(16)9-3-2-4-11(17)7-9/h2-8,14H,1H3. The number of nitrogens with zero attached hydrogens (tertiary/aromatic N) is 1. The van der Waals surface area contributed by atoms with Gasteiger partial charge >= 0.3 is 5.76 Å². The molecule has 0 bridgehead atoms. The Morgan fingerprint density at radius 3 is 2.70 bits per heavy atom. The fourth-order valence-corrected chi connectivity index (χ4v) is 2.73. The molecule has 0 saturated carbocycles. The third-order valence-electron chi connectivity index (χ3n) is 3.25. The second kappa shape index (κ2) is 4.90. The lowest BCUT2D eigenvalue weighted by Gasteiger charge is -2.10. The van der Waals surface area contributed by atoms with Gasteiger partial charge in [-0.1, -0.05) is 34.1 Å². The van der Waals surface area contributed by atoms with Crippen molar-refractivity contribution in [2.45, 2.75) is 4.83 Å². The van der Waals surface area contributed by atoms with Gasteiger partial charge in [-0.05, 0) is 35.4 Å². The minimum atomic E-state index is -0.394. The zero-order valence-corrected chi connectivity index (χ0v) is 12.2. The number of fused-ring (bicyclic) bond motifs is 1. The van der Waals surface area contributed by atoms with Crippen LogP contribution >= 0.6 is 15.9 Å². The van der Waals surface area contributed by atoms with E-state index < -0.39 is 5.76 Å². The molecule has 0 radical (unpaired) electrons. The summed E-state index contributed by atoms with van der Waals surface area (Å²) in [5, 5.41) is 0. The van der Waals surface area contributed by atoms with Gasteiger partial charge in [-0.25, -0.2) is 9.18 Å². The summed E-state index contributed by atoms with van der Waals surface area (Å²) in [6, 6.07) is 11.9. The Balaban J connectivity index is 2.08. The van der Waals surface area contributed by atoms with E-state index in [1.54, 1.807) is 19.2 Å². The number of benzene rings is 2. The largest absolute Gasteiger partial charge is 0.419 e. The molecule has 0 aliphatic carbocycles. The van der Waals surface area contributed by atoms with E-state index in [0.29, 0.717) is 5.58 Å². The molecule has 1 atom stereocenters. The lowest BCUT2D eigenvalue weighted by atomic mass is 10.0. The van der Waals surface area contributed by atoms with Crippen molar-refractivity contribution in [1.82, 2.24) is 4.57 Å². The quantitative estimate of drug-likeness (QED) is 0.668. The second-order valence-corrected chi connectivity index (χ2v) is 5.49. The fourth-order valence-electron chi connectivity index (χ4n) is 2.16. The van der Waals surface area contributed by atoms with E-state index >= 15 is 0 Å². The van der Waals surface area contributed by atoms with Crippen LogP contribution in [0, 0.1) is 5.82 Å². The molecule has 1 aromatic heterocycles. The Morgan fingerprint density at radius 2 is 1.95 bits per heavy atom. The summed E-state index contributed by atoms with van der Waals surface area (Å²) in [6.07, 6.45) is 0. The summed E-state index contributed by atoms with van der Waals surface area (Å²) in [4.78, 5) is 11.3. The van der Waals surface area contributed by atoms with Crippen LogP contribution in [0.3, 0.4) is 0 Å². The predicted molar refractivity (Wildman–Crippen MR) is 78.6 cm³/mol. The molecule has 2 aromatic carbocycles. The smallest absolute Gasteiger partial charge is 0.408 e. The Morgan fingerprint density at radius 1 is 1.20 bits per heavy atom. The molecule has 0 spiro atoms. The van der Waals surface area contributed by atoms with Gasteiger partial charge in [-0.15, -0.1) is 0 Å². The molecule has 0 aliphatic rings. The molecule has 1 unspecified atom stereocenters. The van der Waals surface area contributed by atoms with Crippen LogP contribution in [0.1, 0.15) is 16.0 Å². The van der Waals surface area contributed by atoms with Crippen LogP contribution in [0.5, 0.6) is 0 Å². The monoisotopic (exact) mass is 335 g/mol. The van der Waals surface area contributed by atoms with Crippen molar-refractivity contribution in [2.75, 3.05) is 0 Å². The minimum absolute atomic E-state index is 0.159. The summed E-state index contributed by atoms with van der Waals surface area (Å²) in [5.41, 5.74) is 2.97. The van der Waals surface area contributed by atoms with Crippen molar-refractivity contribution in [2.24, 2.45) is 7.05 Å². The van der Waals surface area contributed by atoms with Gasteiger partial charge < -0.3 is 4.42 Å². The van der Waals surface area contributed by atoms with E-state index in [1.807, 2.05) is 18.2 Å². The van der Waals surface area contributed by atoms with Crippen molar-refractivity contribution in [3.8, 4) is 0 Å². The lowest BCUT2D eigenvalue weighted by molar-refractivity contribution is 0.528. The Hall–Kier alpha value is -1.88. The van der Waals surface area contributed by atoms with Crippen molar-refractivity contribution in [3.63, 3.8) is 0 Å². The molecule has 20 heavy (non-hydrogen) atoms. The van der Waals surface area contributed by atoms with Crippen LogP contribution < -0.4 is 5.76 Å². The van der Waals surface area contributed by atoms with Gasteiger partial charge in [0.2, 0.25) is 0 Å². The van der Waals surface area contributed by atoms with Gasteiger partial charge in [0, 0.05) is 7.05 Å². The molecule has 5 heteroatoms. The fraction of sp³-hybridized carbons (Fsp3) is 0.133. The molecule has 3 rings (SSSR count). The summed E-state index contributed by atoms with van der Waals surface area (Å²) in [5.74, 6) is -0.673. The molecular weight excluding hydrogens is 325 g/mol. The molecule has 3 aromatic rings. The third kappa shape index (κ3) is 2.18. The summed E-state index contributed by atoms with van der Waals surface area (Å²) in [7, 11) is 1.66. The maximum Gasteiger partial charge on any atom is 0.419 e. The number of aromatic nitrogens is 1. The van der Waals surface area contributed by atoms with Gasteiger partial charge in [0.05, 0.1) is 10.3 Å². The summed E-state index contributed by atoms with van der Waals surface area (Å²) in [6.45, 7) is 0. The number of hydrogen-bond donors (Lipinski definition) is 0. The average molecular weight is 336 g/mol. The highest BCUT2D eigenvalue weighted by Gasteiger charge is 2.14. The first-order valence-corrected chi connectivity index (χ1v) is 6.97. The molecule has 0 fully saturated rings. The van der Waals surface area contributed by atoms with E-state index in [-0.39, 0.29) is 10.6 Å². The van der Waals surface area contributed by atoms with E-state index in [4.69, 9.17) is 4.42 Å². The average Bonchev–Trinajstić information content (AvgIpc) is 2.73. The summed E-state index contributed by atoms with van der Waals surface area (Å²) < 4.78 is 19.9. The van der Waals surface area contributed by atoms with Crippen LogP contribution in [0.15, 0.2) is 51.7 Å². The van der Waals surface area contributed by atoms with Crippen molar-refractivity contribution in [3.05, 3.63) is 70.0 Å². The van der Waals surface area contributed by atoms with Gasteiger partial charge in [0.1, 0.15) is 5.82 Å². The molecule has 0 amide bonds. The molecular formula is C15H11BrFNO2. The maximum atomic E-state index is 13.3. The highest BCUT2D eigenvalue weighted by molar-refractivity contribution is 9.09. The number of aryl methyl sites for hydroxylation is 1. The van der Waals surface area contributed by atoms with Gasteiger partial charge in [0.15, 0.2) is 5.58 Å². The van der Waals surface area contributed by atoms with Crippen LogP contribution in [0.4, 0.5) is 4.39 Å². The zero-order chi connectivity index (χ0) is 14.3. The molecule has 0 saturated heterocycles. The molecule has 3 nitrogen and oxygen atoms in total. The van der Waals surface area contributed by atoms with E-state index in [1.165, 1.54) is 16.7 Å². The van der Waals surface area contributed by atoms with Crippen molar-refractivity contribution in [1.29, 1.82) is 0 Å². The number of oxazole rings is 1. The van der Waals surface area contributed by atoms with E-state index in [2.05, 4.69) is 15.9 Å². The number of alkyl halides is 1. The minimum Gasteiger partial charge on any atom is -0.408 e. The lowest BCUT2D eigenvalue weighted by Crippen LogP contribution is -2.08. The van der Waals surface area contributed by atoms with E-state index in [9.17, 15) is 9.18 Å². The van der Waals surface area contributed by atoms with Gasteiger partial charge in [-0.3, -0.25) is 4.57 Å². The van der Waals surface area contributed by atoms with E-state index in [0.717, 1.165) is 16.6 Å². The normalized spacial score (nSPS) is 12.8. The summed E-state index contributed by atoms with van der Waals surface area (Å²) >= 11 is 3.55. The Bertz CT molecular complexity index is 837. The van der Waals surface area contributed by atoms with Crippen molar-refractivity contribution >= 4 is 27.0 Å². The Labute approximate surface area is 122 Å². The predicted octanol–water partition coefficient (Wildman–Crippen LogP) is 3.75. The maximum absolute atomic E-state index is 13.3.